The molecule has 5 nitrogen and oxygen atoms in total. The van der Waals surface area contributed by atoms with E-state index in [1.54, 1.807) is 23.1 Å². The summed E-state index contributed by atoms with van der Waals surface area (Å²) < 4.78 is 8.51. The van der Waals surface area contributed by atoms with E-state index < -0.39 is 0 Å². The number of benzene rings is 1. The number of thiophene rings is 1. The SMILES string of the molecule is Clc1ccc(CSc2nnc(N3CCOCC3)n2Cc2ccccc2)s1. The first-order valence-electron chi connectivity index (χ1n) is 8.46. The summed E-state index contributed by atoms with van der Waals surface area (Å²) in [6.45, 7) is 3.91. The highest BCUT2D eigenvalue weighted by Crippen LogP contribution is 2.30. The van der Waals surface area contributed by atoms with Crippen LogP contribution in [0.2, 0.25) is 4.34 Å². The van der Waals surface area contributed by atoms with Gasteiger partial charge in [0.05, 0.1) is 24.1 Å². The molecule has 0 bridgehead atoms. The molecule has 1 saturated heterocycles. The van der Waals surface area contributed by atoms with E-state index in [0.717, 1.165) is 54.0 Å². The van der Waals surface area contributed by atoms with Crippen LogP contribution in [0.5, 0.6) is 0 Å². The number of hydrogen-bond donors (Lipinski definition) is 0. The van der Waals surface area contributed by atoms with Crippen molar-refractivity contribution in [2.24, 2.45) is 0 Å². The summed E-state index contributed by atoms with van der Waals surface area (Å²) in [7, 11) is 0. The second-order valence-electron chi connectivity index (χ2n) is 5.95. The van der Waals surface area contributed by atoms with Gasteiger partial charge in [-0.15, -0.1) is 21.5 Å². The molecule has 8 heteroatoms. The zero-order valence-electron chi connectivity index (χ0n) is 14.2. The maximum atomic E-state index is 6.04. The minimum atomic E-state index is 0.731. The van der Waals surface area contributed by atoms with Gasteiger partial charge in [0.2, 0.25) is 5.95 Å². The van der Waals surface area contributed by atoms with E-state index in [1.807, 2.05) is 12.1 Å². The van der Waals surface area contributed by atoms with Crippen molar-refractivity contribution in [3.63, 3.8) is 0 Å². The second kappa shape index (κ2) is 8.43. The van der Waals surface area contributed by atoms with E-state index in [1.165, 1.54) is 10.4 Å². The molecule has 3 heterocycles. The standard InChI is InChI=1S/C18H19ClN4OS2/c19-16-7-6-15(26-16)13-25-18-21-20-17(22-8-10-24-11-9-22)23(18)12-14-4-2-1-3-5-14/h1-7H,8-13H2. The van der Waals surface area contributed by atoms with Gasteiger partial charge in [-0.2, -0.15) is 0 Å². The highest BCUT2D eigenvalue weighted by molar-refractivity contribution is 7.98. The first-order valence-corrected chi connectivity index (χ1v) is 10.6. The first-order chi connectivity index (χ1) is 12.8. The Morgan fingerprint density at radius 3 is 2.62 bits per heavy atom. The molecule has 0 spiro atoms. The summed E-state index contributed by atoms with van der Waals surface area (Å²) in [4.78, 5) is 3.49. The van der Waals surface area contributed by atoms with Crippen LogP contribution in [-0.2, 0) is 17.0 Å². The van der Waals surface area contributed by atoms with Gasteiger partial charge in [-0.05, 0) is 17.7 Å². The minimum absolute atomic E-state index is 0.731. The van der Waals surface area contributed by atoms with Gasteiger partial charge >= 0.3 is 0 Å². The lowest BCUT2D eigenvalue weighted by atomic mass is 10.2. The zero-order valence-corrected chi connectivity index (χ0v) is 16.6. The first kappa shape index (κ1) is 17.9. The maximum Gasteiger partial charge on any atom is 0.228 e. The van der Waals surface area contributed by atoms with Gasteiger partial charge in [0.15, 0.2) is 5.16 Å². The molecule has 0 atom stereocenters. The van der Waals surface area contributed by atoms with E-state index >= 15 is 0 Å². The van der Waals surface area contributed by atoms with Gasteiger partial charge in [0.25, 0.3) is 0 Å². The Morgan fingerprint density at radius 2 is 1.88 bits per heavy atom. The molecule has 1 aromatic carbocycles. The van der Waals surface area contributed by atoms with E-state index in [4.69, 9.17) is 16.3 Å². The smallest absolute Gasteiger partial charge is 0.228 e. The monoisotopic (exact) mass is 406 g/mol. The predicted molar refractivity (Wildman–Crippen MR) is 107 cm³/mol. The van der Waals surface area contributed by atoms with Crippen LogP contribution in [0.25, 0.3) is 0 Å². The van der Waals surface area contributed by atoms with Crippen molar-refractivity contribution in [2.45, 2.75) is 17.5 Å². The van der Waals surface area contributed by atoms with Crippen molar-refractivity contribution in [2.75, 3.05) is 31.2 Å². The van der Waals surface area contributed by atoms with E-state index in [2.05, 4.69) is 50.0 Å². The molecule has 0 saturated carbocycles. The molecule has 3 aromatic rings. The third kappa shape index (κ3) is 4.23. The summed E-state index contributed by atoms with van der Waals surface area (Å²) in [5, 5.41) is 9.90. The lowest BCUT2D eigenvalue weighted by Gasteiger charge is -2.28. The van der Waals surface area contributed by atoms with Crippen LogP contribution >= 0.6 is 34.7 Å². The Hall–Kier alpha value is -1.54. The van der Waals surface area contributed by atoms with Crippen LogP contribution in [0.3, 0.4) is 0 Å². The molecule has 0 amide bonds. The number of thioether (sulfide) groups is 1. The minimum Gasteiger partial charge on any atom is -0.378 e. The normalized spacial score (nSPS) is 14.7. The van der Waals surface area contributed by atoms with Crippen LogP contribution in [0.4, 0.5) is 5.95 Å². The molecular formula is C18H19ClN4OS2. The highest BCUT2D eigenvalue weighted by atomic mass is 35.5. The van der Waals surface area contributed by atoms with Gasteiger partial charge < -0.3 is 9.64 Å². The second-order valence-corrected chi connectivity index (χ2v) is 8.69. The predicted octanol–water partition coefficient (Wildman–Crippen LogP) is 4.17. The van der Waals surface area contributed by atoms with Crippen molar-refractivity contribution in [1.29, 1.82) is 0 Å². The molecule has 0 N–H and O–H groups in total. The molecular weight excluding hydrogens is 388 g/mol. The summed E-state index contributed by atoms with van der Waals surface area (Å²) in [5.74, 6) is 1.76. The Morgan fingerprint density at radius 1 is 1.08 bits per heavy atom. The van der Waals surface area contributed by atoms with E-state index in [-0.39, 0.29) is 0 Å². The van der Waals surface area contributed by atoms with Crippen molar-refractivity contribution in [1.82, 2.24) is 14.8 Å². The Kier molecular flexibility index (Phi) is 5.79. The Balaban J connectivity index is 1.58. The Bertz CT molecular complexity index is 846. The molecule has 0 radical (unpaired) electrons. The molecule has 0 aliphatic carbocycles. The molecule has 1 fully saturated rings. The van der Waals surface area contributed by atoms with Crippen molar-refractivity contribution in [3.8, 4) is 0 Å². The molecule has 0 unspecified atom stereocenters. The van der Waals surface area contributed by atoms with Gasteiger partial charge in [-0.3, -0.25) is 4.57 Å². The number of rotatable bonds is 6. The Labute approximate surface area is 165 Å². The highest BCUT2D eigenvalue weighted by Gasteiger charge is 2.21. The average Bonchev–Trinajstić information content (AvgIpc) is 3.28. The summed E-state index contributed by atoms with van der Waals surface area (Å²) in [5.41, 5.74) is 1.24. The average molecular weight is 407 g/mol. The third-order valence-corrected chi connectivity index (χ3v) is 6.58. The number of anilines is 1. The lowest BCUT2D eigenvalue weighted by Crippen LogP contribution is -2.38. The van der Waals surface area contributed by atoms with Crippen LogP contribution in [0.1, 0.15) is 10.4 Å². The summed E-state index contributed by atoms with van der Waals surface area (Å²) in [6.07, 6.45) is 0. The van der Waals surface area contributed by atoms with Gasteiger partial charge in [-0.25, -0.2) is 0 Å². The van der Waals surface area contributed by atoms with E-state index in [9.17, 15) is 0 Å². The summed E-state index contributed by atoms with van der Waals surface area (Å²) in [6, 6.07) is 14.4. The number of ether oxygens (including phenoxy) is 1. The molecule has 1 aliphatic heterocycles. The van der Waals surface area contributed by atoms with Crippen molar-refractivity contribution in [3.05, 3.63) is 57.2 Å². The van der Waals surface area contributed by atoms with Gasteiger partial charge in [0, 0.05) is 23.7 Å². The van der Waals surface area contributed by atoms with Crippen molar-refractivity contribution < 1.29 is 4.74 Å². The fourth-order valence-corrected chi connectivity index (χ4v) is 4.92. The molecule has 136 valence electrons. The fraction of sp³-hybridized carbons (Fsp3) is 0.333. The molecule has 26 heavy (non-hydrogen) atoms. The zero-order chi connectivity index (χ0) is 17.8. The number of halogens is 1. The molecule has 1 aliphatic rings. The largest absolute Gasteiger partial charge is 0.378 e. The van der Waals surface area contributed by atoms with Crippen LogP contribution in [-0.4, -0.2) is 41.1 Å². The number of aromatic nitrogens is 3. The lowest BCUT2D eigenvalue weighted by molar-refractivity contribution is 0.121. The number of morpholine rings is 1. The number of hydrogen-bond acceptors (Lipinski definition) is 6. The maximum absolute atomic E-state index is 6.04. The van der Waals surface area contributed by atoms with Gasteiger partial charge in [0.1, 0.15) is 0 Å². The summed E-state index contributed by atoms with van der Waals surface area (Å²) >= 11 is 9.36. The topological polar surface area (TPSA) is 43.2 Å². The fourth-order valence-electron chi connectivity index (χ4n) is 2.85. The quantitative estimate of drug-likeness (QED) is 0.575. The van der Waals surface area contributed by atoms with Crippen molar-refractivity contribution >= 4 is 40.6 Å². The van der Waals surface area contributed by atoms with Crippen LogP contribution in [0.15, 0.2) is 47.6 Å². The van der Waals surface area contributed by atoms with Crippen LogP contribution in [0, 0.1) is 0 Å². The molecule has 4 rings (SSSR count). The van der Waals surface area contributed by atoms with Crippen LogP contribution < -0.4 is 4.90 Å². The number of nitrogens with zero attached hydrogens (tertiary/aromatic N) is 4. The van der Waals surface area contributed by atoms with Gasteiger partial charge in [-0.1, -0.05) is 53.7 Å². The molecule has 2 aromatic heterocycles. The van der Waals surface area contributed by atoms with E-state index in [0.29, 0.717) is 0 Å². The third-order valence-electron chi connectivity index (χ3n) is 4.15.